The van der Waals surface area contributed by atoms with Crippen molar-refractivity contribution in [3.8, 4) is 5.75 Å². The van der Waals surface area contributed by atoms with Crippen LogP contribution in [0.3, 0.4) is 0 Å². The van der Waals surface area contributed by atoms with Crippen LogP contribution in [0.15, 0.2) is 24.3 Å². The fourth-order valence-corrected chi connectivity index (χ4v) is 3.93. The predicted octanol–water partition coefficient (Wildman–Crippen LogP) is 1.76. The van der Waals surface area contributed by atoms with Crippen LogP contribution in [0.25, 0.3) is 0 Å². The highest BCUT2D eigenvalue weighted by Crippen LogP contribution is 2.35. The lowest BCUT2D eigenvalue weighted by Gasteiger charge is -2.38. The molecule has 0 saturated heterocycles. The highest BCUT2D eigenvalue weighted by Gasteiger charge is 2.34. The molecule has 2 amide bonds. The molecule has 0 aliphatic carbocycles. The summed E-state index contributed by atoms with van der Waals surface area (Å²) in [6.45, 7) is 6.64. The lowest BCUT2D eigenvalue weighted by molar-refractivity contribution is 0.0365. The van der Waals surface area contributed by atoms with Crippen molar-refractivity contribution in [3.05, 3.63) is 41.2 Å². The Morgan fingerprint density at radius 2 is 2.12 bits per heavy atom. The van der Waals surface area contributed by atoms with E-state index in [0.717, 1.165) is 5.69 Å². The number of aromatic nitrogens is 2. The van der Waals surface area contributed by atoms with Crippen molar-refractivity contribution in [2.75, 3.05) is 39.1 Å². The Morgan fingerprint density at radius 3 is 2.72 bits per heavy atom. The number of nitrogens with one attached hydrogen (secondary N) is 1. The molecule has 2 heterocycles. The molecule has 0 radical (unpaired) electrons. The minimum Gasteiger partial charge on any atom is -0.486 e. The summed E-state index contributed by atoms with van der Waals surface area (Å²) in [4.78, 5) is 30.1. The van der Waals surface area contributed by atoms with E-state index >= 15 is 0 Å². The number of amides is 2. The van der Waals surface area contributed by atoms with Gasteiger partial charge in [0.15, 0.2) is 5.75 Å². The topological polar surface area (TPSA) is 99.9 Å². The highest BCUT2D eigenvalue weighted by molar-refractivity contribution is 6.06. The van der Waals surface area contributed by atoms with Gasteiger partial charge < -0.3 is 25.0 Å². The first-order valence-corrected chi connectivity index (χ1v) is 10.8. The van der Waals surface area contributed by atoms with Gasteiger partial charge in [0, 0.05) is 26.1 Å². The molecule has 3 rings (SSSR count). The first kappa shape index (κ1) is 23.7. The lowest BCUT2D eigenvalue weighted by atomic mass is 9.99. The highest BCUT2D eigenvalue weighted by atomic mass is 16.5. The van der Waals surface area contributed by atoms with E-state index in [1.54, 1.807) is 36.2 Å². The number of para-hydroxylation sites is 1. The van der Waals surface area contributed by atoms with Crippen LogP contribution in [0, 0.1) is 12.8 Å². The van der Waals surface area contributed by atoms with Gasteiger partial charge in [-0.25, -0.2) is 0 Å². The second-order valence-corrected chi connectivity index (χ2v) is 8.82. The third-order valence-corrected chi connectivity index (χ3v) is 5.72. The van der Waals surface area contributed by atoms with Gasteiger partial charge in [-0.3, -0.25) is 14.3 Å². The number of aliphatic hydroxyl groups excluding tert-OH is 1. The van der Waals surface area contributed by atoms with E-state index < -0.39 is 0 Å². The van der Waals surface area contributed by atoms with Gasteiger partial charge in [-0.1, -0.05) is 13.0 Å². The number of ether oxygens (including phenoxy) is 1. The molecule has 1 aliphatic rings. The maximum atomic E-state index is 13.4. The molecule has 9 nitrogen and oxygen atoms in total. The second-order valence-electron chi connectivity index (χ2n) is 8.82. The number of aliphatic hydroxyl groups is 1. The Labute approximate surface area is 188 Å². The Morgan fingerprint density at radius 1 is 1.41 bits per heavy atom. The molecule has 1 aromatic heterocycles. The van der Waals surface area contributed by atoms with Crippen LogP contribution in [0.5, 0.6) is 5.75 Å². The molecule has 3 atom stereocenters. The van der Waals surface area contributed by atoms with Crippen molar-refractivity contribution in [1.29, 1.82) is 0 Å². The van der Waals surface area contributed by atoms with Crippen molar-refractivity contribution in [1.82, 2.24) is 19.6 Å². The largest absolute Gasteiger partial charge is 0.486 e. The SMILES string of the molecule is Cc1cc(C(=O)Nc2cccc3c2O[C@@H](CN(C)C)[C@H](C)CN([C@H](C)CO)C3=O)n(C)n1. The maximum absolute atomic E-state index is 13.4. The van der Waals surface area contributed by atoms with E-state index in [1.165, 1.54) is 4.68 Å². The second kappa shape index (κ2) is 9.70. The Bertz CT molecular complexity index is 987. The minimum absolute atomic E-state index is 0.00646. The summed E-state index contributed by atoms with van der Waals surface area (Å²) >= 11 is 0. The number of benzene rings is 1. The fourth-order valence-electron chi connectivity index (χ4n) is 3.93. The molecule has 0 saturated carbocycles. The smallest absolute Gasteiger partial charge is 0.274 e. The molecule has 0 bridgehead atoms. The van der Waals surface area contributed by atoms with E-state index in [2.05, 4.69) is 10.4 Å². The van der Waals surface area contributed by atoms with Gasteiger partial charge >= 0.3 is 0 Å². The molecular formula is C23H33N5O4. The van der Waals surface area contributed by atoms with Gasteiger partial charge in [-0.15, -0.1) is 0 Å². The lowest BCUT2D eigenvalue weighted by Crippen LogP contribution is -2.49. The number of hydrogen-bond donors (Lipinski definition) is 2. The number of likely N-dealkylation sites (N-methyl/N-ethyl adjacent to an activating group) is 1. The number of nitrogens with zero attached hydrogens (tertiary/aromatic N) is 4. The zero-order valence-electron chi connectivity index (χ0n) is 19.6. The van der Waals surface area contributed by atoms with E-state index in [0.29, 0.717) is 35.8 Å². The van der Waals surface area contributed by atoms with Crippen molar-refractivity contribution >= 4 is 17.5 Å². The Hall–Kier alpha value is -2.91. The number of carbonyl (C=O) groups excluding carboxylic acids is 2. The van der Waals surface area contributed by atoms with Gasteiger partial charge in [-0.05, 0) is 46.1 Å². The average Bonchev–Trinajstić information content (AvgIpc) is 3.08. The van der Waals surface area contributed by atoms with Crippen LogP contribution in [0.1, 0.15) is 40.4 Å². The molecule has 2 aromatic rings. The van der Waals surface area contributed by atoms with Gasteiger partial charge in [0.1, 0.15) is 11.8 Å². The number of rotatable bonds is 6. The molecule has 174 valence electrons. The van der Waals surface area contributed by atoms with E-state index in [4.69, 9.17) is 4.74 Å². The molecular weight excluding hydrogens is 410 g/mol. The maximum Gasteiger partial charge on any atom is 0.274 e. The van der Waals surface area contributed by atoms with Gasteiger partial charge in [0.25, 0.3) is 11.8 Å². The third kappa shape index (κ3) is 4.94. The number of carbonyl (C=O) groups is 2. The summed E-state index contributed by atoms with van der Waals surface area (Å²) in [6, 6.07) is 6.51. The fraction of sp³-hybridized carbons (Fsp3) is 0.522. The van der Waals surface area contributed by atoms with Crippen LogP contribution in [-0.4, -0.2) is 82.4 Å². The first-order chi connectivity index (χ1) is 15.1. The zero-order chi connectivity index (χ0) is 23.6. The summed E-state index contributed by atoms with van der Waals surface area (Å²) in [5, 5.41) is 16.9. The quantitative estimate of drug-likeness (QED) is 0.706. The predicted molar refractivity (Wildman–Crippen MR) is 122 cm³/mol. The molecule has 32 heavy (non-hydrogen) atoms. The zero-order valence-corrected chi connectivity index (χ0v) is 19.6. The molecule has 1 aliphatic heterocycles. The van der Waals surface area contributed by atoms with Crippen LogP contribution >= 0.6 is 0 Å². The molecule has 0 fully saturated rings. The van der Waals surface area contributed by atoms with Crippen LogP contribution < -0.4 is 10.1 Å². The number of anilines is 1. The normalized spacial score (nSPS) is 19.8. The molecule has 1 aromatic carbocycles. The van der Waals surface area contributed by atoms with Crippen molar-refractivity contribution in [2.24, 2.45) is 13.0 Å². The van der Waals surface area contributed by atoms with Crippen molar-refractivity contribution in [3.63, 3.8) is 0 Å². The third-order valence-electron chi connectivity index (χ3n) is 5.72. The van der Waals surface area contributed by atoms with E-state index in [1.807, 2.05) is 39.8 Å². The molecule has 0 unspecified atom stereocenters. The standard InChI is InChI=1S/C23H33N5O4/c1-14-11-28(16(3)13-29)23(31)17-8-7-9-18(21(17)32-20(14)12-26(4)5)24-22(30)19-10-15(2)25-27(19)6/h7-10,14,16,20,29H,11-13H2,1-6H3,(H,24,30)/t14-,16-,20+/m1/s1. The number of fused-ring (bicyclic) bond motifs is 1. The van der Waals surface area contributed by atoms with Gasteiger partial charge in [-0.2, -0.15) is 5.10 Å². The summed E-state index contributed by atoms with van der Waals surface area (Å²) < 4.78 is 7.93. The van der Waals surface area contributed by atoms with Crippen LogP contribution in [0.4, 0.5) is 5.69 Å². The van der Waals surface area contributed by atoms with Crippen LogP contribution in [0.2, 0.25) is 0 Å². The Kier molecular flexibility index (Phi) is 7.20. The van der Waals surface area contributed by atoms with Gasteiger partial charge in [0.2, 0.25) is 0 Å². The molecule has 0 spiro atoms. The van der Waals surface area contributed by atoms with E-state index in [9.17, 15) is 14.7 Å². The Balaban J connectivity index is 2.05. The number of hydrogen-bond acceptors (Lipinski definition) is 6. The van der Waals surface area contributed by atoms with Crippen LogP contribution in [-0.2, 0) is 7.05 Å². The molecule has 2 N–H and O–H groups in total. The monoisotopic (exact) mass is 443 g/mol. The summed E-state index contributed by atoms with van der Waals surface area (Å²) in [6.07, 6.45) is -0.220. The van der Waals surface area contributed by atoms with Crippen molar-refractivity contribution < 1.29 is 19.4 Å². The summed E-state index contributed by atoms with van der Waals surface area (Å²) in [7, 11) is 5.64. The first-order valence-electron chi connectivity index (χ1n) is 10.8. The van der Waals surface area contributed by atoms with Crippen molar-refractivity contribution in [2.45, 2.75) is 32.9 Å². The van der Waals surface area contributed by atoms with Gasteiger partial charge in [0.05, 0.1) is 29.6 Å². The number of aryl methyl sites for hydroxylation is 2. The summed E-state index contributed by atoms with van der Waals surface area (Å²) in [5.41, 5.74) is 1.93. The molecule has 9 heteroatoms. The summed E-state index contributed by atoms with van der Waals surface area (Å²) in [5.74, 6) is -0.216. The van der Waals surface area contributed by atoms with E-state index in [-0.39, 0.29) is 36.5 Å². The minimum atomic E-state index is -0.341. The average molecular weight is 444 g/mol.